The molecule has 0 aromatic heterocycles. The summed E-state index contributed by atoms with van der Waals surface area (Å²) in [5, 5.41) is 12.5. The average molecular weight is 348 g/mol. The molecule has 0 spiro atoms. The van der Waals surface area contributed by atoms with Gasteiger partial charge in [0.25, 0.3) is 5.91 Å². The third kappa shape index (κ3) is 5.55. The predicted octanol–water partition coefficient (Wildman–Crippen LogP) is 3.67. The summed E-state index contributed by atoms with van der Waals surface area (Å²) < 4.78 is 5.79. The van der Waals surface area contributed by atoms with Gasteiger partial charge in [0.2, 0.25) is 0 Å². The fourth-order valence-corrected chi connectivity index (χ4v) is 2.33. The summed E-state index contributed by atoms with van der Waals surface area (Å²) in [6.07, 6.45) is 0.662. The molecule has 1 unspecified atom stereocenters. The minimum Gasteiger partial charge on any atom is -0.488 e. The number of ether oxygens (including phenoxy) is 1. The predicted molar refractivity (Wildman–Crippen MR) is 95.4 cm³/mol. The summed E-state index contributed by atoms with van der Waals surface area (Å²) in [5.74, 6) is 0.590. The second kappa shape index (κ2) is 9.30. The van der Waals surface area contributed by atoms with Crippen LogP contribution in [0, 0.1) is 5.92 Å². The fraction of sp³-hybridized carbons (Fsp3) is 0.316. The Bertz CT molecular complexity index is 658. The van der Waals surface area contributed by atoms with E-state index in [1.165, 1.54) is 0 Å². The third-order valence-electron chi connectivity index (χ3n) is 3.67. The lowest BCUT2D eigenvalue weighted by Gasteiger charge is -2.14. The molecule has 0 aliphatic rings. The van der Waals surface area contributed by atoms with E-state index in [1.807, 2.05) is 25.1 Å². The summed E-state index contributed by atoms with van der Waals surface area (Å²) >= 11 is 5.87. The number of benzene rings is 2. The number of hydrogen-bond acceptors (Lipinski definition) is 3. The van der Waals surface area contributed by atoms with E-state index < -0.39 is 0 Å². The molecular formula is C19H22ClNO3. The molecule has 2 aromatic rings. The topological polar surface area (TPSA) is 58.6 Å². The van der Waals surface area contributed by atoms with Crippen LogP contribution in [0.15, 0.2) is 48.5 Å². The normalized spacial score (nSPS) is 11.8. The van der Waals surface area contributed by atoms with Gasteiger partial charge < -0.3 is 15.2 Å². The Morgan fingerprint density at radius 3 is 2.62 bits per heavy atom. The van der Waals surface area contributed by atoms with E-state index in [0.29, 0.717) is 35.9 Å². The van der Waals surface area contributed by atoms with E-state index in [0.717, 1.165) is 5.56 Å². The van der Waals surface area contributed by atoms with Crippen molar-refractivity contribution < 1.29 is 14.6 Å². The van der Waals surface area contributed by atoms with Crippen LogP contribution in [0.2, 0.25) is 5.02 Å². The molecule has 128 valence electrons. The van der Waals surface area contributed by atoms with Crippen LogP contribution < -0.4 is 10.1 Å². The number of aliphatic hydroxyl groups excluding tert-OH is 1. The lowest BCUT2D eigenvalue weighted by molar-refractivity contribution is 0.0941. The van der Waals surface area contributed by atoms with Gasteiger partial charge in [-0.3, -0.25) is 4.79 Å². The van der Waals surface area contributed by atoms with Crippen molar-refractivity contribution in [3.8, 4) is 5.75 Å². The molecule has 4 nitrogen and oxygen atoms in total. The minimum absolute atomic E-state index is 0.123. The van der Waals surface area contributed by atoms with Crippen molar-refractivity contribution in [1.29, 1.82) is 0 Å². The molecule has 24 heavy (non-hydrogen) atoms. The van der Waals surface area contributed by atoms with Gasteiger partial charge in [-0.2, -0.15) is 0 Å². The summed E-state index contributed by atoms with van der Waals surface area (Å²) in [6.45, 7) is 2.99. The number of para-hydroxylation sites is 1. The summed E-state index contributed by atoms with van der Waals surface area (Å²) in [5.41, 5.74) is 1.48. The number of amides is 1. The number of carbonyl (C=O) groups excluding carboxylic acids is 1. The Morgan fingerprint density at radius 2 is 1.92 bits per heavy atom. The molecule has 0 saturated carbocycles. The van der Waals surface area contributed by atoms with Crippen molar-refractivity contribution >= 4 is 17.5 Å². The number of carbonyl (C=O) groups is 1. The molecule has 1 amide bonds. The Hall–Kier alpha value is -2.04. The summed E-state index contributed by atoms with van der Waals surface area (Å²) in [4.78, 5) is 12.4. The Labute approximate surface area is 147 Å². The molecule has 0 aliphatic carbocycles. The van der Waals surface area contributed by atoms with Crippen molar-refractivity contribution in [2.75, 3.05) is 13.2 Å². The largest absolute Gasteiger partial charge is 0.488 e. The maximum Gasteiger partial charge on any atom is 0.255 e. The van der Waals surface area contributed by atoms with E-state index in [-0.39, 0.29) is 18.4 Å². The molecule has 0 aliphatic heterocycles. The van der Waals surface area contributed by atoms with Crippen LogP contribution in [0.5, 0.6) is 5.75 Å². The van der Waals surface area contributed by atoms with Crippen LogP contribution in [-0.2, 0) is 6.61 Å². The smallest absolute Gasteiger partial charge is 0.255 e. The van der Waals surface area contributed by atoms with Crippen LogP contribution in [0.25, 0.3) is 0 Å². The van der Waals surface area contributed by atoms with Gasteiger partial charge in [0, 0.05) is 18.2 Å². The van der Waals surface area contributed by atoms with E-state index in [1.54, 1.807) is 30.3 Å². The van der Waals surface area contributed by atoms with E-state index in [2.05, 4.69) is 5.32 Å². The third-order valence-corrected chi connectivity index (χ3v) is 3.92. The quantitative estimate of drug-likeness (QED) is 0.766. The van der Waals surface area contributed by atoms with Crippen molar-refractivity contribution in [2.24, 2.45) is 5.92 Å². The first-order valence-corrected chi connectivity index (χ1v) is 8.33. The highest BCUT2D eigenvalue weighted by molar-refractivity contribution is 6.30. The molecule has 2 aromatic carbocycles. The van der Waals surface area contributed by atoms with Gasteiger partial charge in [-0.25, -0.2) is 0 Å². The highest BCUT2D eigenvalue weighted by Gasteiger charge is 2.13. The fourth-order valence-electron chi connectivity index (χ4n) is 2.21. The lowest BCUT2D eigenvalue weighted by Crippen LogP contribution is -2.29. The molecule has 5 heteroatoms. The number of rotatable bonds is 8. The standard InChI is InChI=1S/C19H22ClNO3/c1-14(10-11-22)12-21-19(23)17-4-2-3-5-18(17)24-13-15-6-8-16(20)9-7-15/h2-9,14,22H,10-13H2,1H3,(H,21,23). The molecular weight excluding hydrogens is 326 g/mol. The monoisotopic (exact) mass is 347 g/mol. The van der Waals surface area contributed by atoms with Crippen molar-refractivity contribution in [3.63, 3.8) is 0 Å². The van der Waals surface area contributed by atoms with Gasteiger partial charge in [-0.15, -0.1) is 0 Å². The lowest BCUT2D eigenvalue weighted by atomic mass is 10.1. The van der Waals surface area contributed by atoms with Gasteiger partial charge >= 0.3 is 0 Å². The number of aliphatic hydroxyl groups is 1. The van der Waals surface area contributed by atoms with Gasteiger partial charge in [0.1, 0.15) is 12.4 Å². The summed E-state index contributed by atoms with van der Waals surface area (Å²) in [7, 11) is 0. The molecule has 0 bridgehead atoms. The van der Waals surface area contributed by atoms with Crippen LogP contribution in [0.4, 0.5) is 0 Å². The zero-order valence-electron chi connectivity index (χ0n) is 13.7. The maximum absolute atomic E-state index is 12.4. The highest BCUT2D eigenvalue weighted by atomic mass is 35.5. The van der Waals surface area contributed by atoms with Crippen LogP contribution in [0.1, 0.15) is 29.3 Å². The van der Waals surface area contributed by atoms with Crippen LogP contribution >= 0.6 is 11.6 Å². The Kier molecular flexibility index (Phi) is 7.09. The van der Waals surface area contributed by atoms with Crippen LogP contribution in [0.3, 0.4) is 0 Å². The molecule has 0 heterocycles. The van der Waals surface area contributed by atoms with E-state index >= 15 is 0 Å². The number of hydrogen-bond donors (Lipinski definition) is 2. The van der Waals surface area contributed by atoms with Crippen LogP contribution in [-0.4, -0.2) is 24.2 Å². The Balaban J connectivity index is 1.98. The maximum atomic E-state index is 12.4. The zero-order chi connectivity index (χ0) is 17.4. The van der Waals surface area contributed by atoms with Gasteiger partial charge in [-0.05, 0) is 42.2 Å². The summed E-state index contributed by atoms with van der Waals surface area (Å²) in [6, 6.07) is 14.6. The van der Waals surface area contributed by atoms with Crippen molar-refractivity contribution in [1.82, 2.24) is 5.32 Å². The first kappa shape index (κ1) is 18.3. The molecule has 1 atom stereocenters. The molecule has 2 N–H and O–H groups in total. The zero-order valence-corrected chi connectivity index (χ0v) is 14.4. The molecule has 0 radical (unpaired) electrons. The second-order valence-electron chi connectivity index (χ2n) is 5.74. The van der Waals surface area contributed by atoms with Crippen molar-refractivity contribution in [2.45, 2.75) is 20.0 Å². The average Bonchev–Trinajstić information content (AvgIpc) is 2.60. The molecule has 0 fully saturated rings. The number of halogens is 1. The van der Waals surface area contributed by atoms with Gasteiger partial charge in [0.05, 0.1) is 5.56 Å². The first-order chi connectivity index (χ1) is 11.6. The van der Waals surface area contributed by atoms with Gasteiger partial charge in [0.15, 0.2) is 0 Å². The Morgan fingerprint density at radius 1 is 1.21 bits per heavy atom. The minimum atomic E-state index is -0.175. The molecule has 2 rings (SSSR count). The van der Waals surface area contributed by atoms with E-state index in [4.69, 9.17) is 21.4 Å². The van der Waals surface area contributed by atoms with E-state index in [9.17, 15) is 4.79 Å². The second-order valence-corrected chi connectivity index (χ2v) is 6.18. The number of nitrogens with one attached hydrogen (secondary N) is 1. The van der Waals surface area contributed by atoms with Crippen molar-refractivity contribution in [3.05, 3.63) is 64.7 Å². The molecule has 0 saturated heterocycles. The first-order valence-electron chi connectivity index (χ1n) is 7.95. The van der Waals surface area contributed by atoms with Gasteiger partial charge in [-0.1, -0.05) is 42.8 Å². The SMILES string of the molecule is CC(CCO)CNC(=O)c1ccccc1OCc1ccc(Cl)cc1. The highest BCUT2D eigenvalue weighted by Crippen LogP contribution is 2.20.